The van der Waals surface area contributed by atoms with Crippen LogP contribution in [-0.2, 0) is 4.74 Å². The van der Waals surface area contributed by atoms with E-state index in [0.717, 1.165) is 13.0 Å². The predicted molar refractivity (Wildman–Crippen MR) is 32.8 cm³/mol. The Kier molecular flexibility index (Phi) is 5.01. The van der Waals surface area contributed by atoms with Crippen molar-refractivity contribution in [3.8, 4) is 0 Å². The normalized spacial score (nSPS) is 13.9. The van der Waals surface area contributed by atoms with Crippen LogP contribution in [-0.4, -0.2) is 24.4 Å². The van der Waals surface area contributed by atoms with E-state index in [2.05, 4.69) is 0 Å². The van der Waals surface area contributed by atoms with Crippen LogP contribution in [0.2, 0.25) is 0 Å². The van der Waals surface area contributed by atoms with Gasteiger partial charge in [-0.1, -0.05) is 6.92 Å². The number of aliphatic hydroxyl groups is 1. The van der Waals surface area contributed by atoms with Gasteiger partial charge in [-0.3, -0.25) is 0 Å². The summed E-state index contributed by atoms with van der Waals surface area (Å²) >= 11 is 0. The molecule has 50 valence electrons. The fraction of sp³-hybridized carbons (Fsp3) is 1.00. The highest BCUT2D eigenvalue weighted by atomic mass is 16.5. The number of ether oxygens (including phenoxy) is 1. The van der Waals surface area contributed by atoms with Crippen LogP contribution in [0.15, 0.2) is 0 Å². The summed E-state index contributed by atoms with van der Waals surface area (Å²) in [6.45, 7) is 4.98. The minimum Gasteiger partial charge on any atom is -0.391 e. The van der Waals surface area contributed by atoms with Gasteiger partial charge in [0.05, 0.1) is 12.7 Å². The molecule has 8 heavy (non-hydrogen) atoms. The summed E-state index contributed by atoms with van der Waals surface area (Å²) in [6, 6.07) is 0. The summed E-state index contributed by atoms with van der Waals surface area (Å²) in [5.74, 6) is 0. The van der Waals surface area contributed by atoms with Gasteiger partial charge in [0.1, 0.15) is 0 Å². The highest BCUT2D eigenvalue weighted by Crippen LogP contribution is 1.83. The molecule has 1 atom stereocenters. The summed E-state index contributed by atoms with van der Waals surface area (Å²) in [5.41, 5.74) is 0. The Bertz CT molecular complexity index is 43.8. The lowest BCUT2D eigenvalue weighted by atomic mass is 10.4. The van der Waals surface area contributed by atoms with E-state index >= 15 is 0 Å². The van der Waals surface area contributed by atoms with E-state index in [9.17, 15) is 0 Å². The second kappa shape index (κ2) is 5.06. The number of rotatable bonds is 4. The van der Waals surface area contributed by atoms with Gasteiger partial charge in [0.2, 0.25) is 0 Å². The SMILES string of the molecule is CCCOC[C@@H](C)O. The lowest BCUT2D eigenvalue weighted by molar-refractivity contribution is 0.0466. The Morgan fingerprint density at radius 2 is 2.25 bits per heavy atom. The van der Waals surface area contributed by atoms with Gasteiger partial charge in [0.15, 0.2) is 0 Å². The van der Waals surface area contributed by atoms with Crippen molar-refractivity contribution in [2.45, 2.75) is 26.4 Å². The third-order valence-corrected chi connectivity index (χ3v) is 0.708. The zero-order chi connectivity index (χ0) is 6.41. The van der Waals surface area contributed by atoms with Crippen molar-refractivity contribution in [2.75, 3.05) is 13.2 Å². The van der Waals surface area contributed by atoms with Crippen molar-refractivity contribution in [1.29, 1.82) is 0 Å². The van der Waals surface area contributed by atoms with Crippen LogP contribution in [0.1, 0.15) is 20.3 Å². The Morgan fingerprint density at radius 1 is 1.62 bits per heavy atom. The Balaban J connectivity index is 2.72. The summed E-state index contributed by atoms with van der Waals surface area (Å²) in [6.07, 6.45) is 0.703. The smallest absolute Gasteiger partial charge is 0.0745 e. The maximum Gasteiger partial charge on any atom is 0.0745 e. The van der Waals surface area contributed by atoms with Crippen LogP contribution in [0.25, 0.3) is 0 Å². The van der Waals surface area contributed by atoms with Crippen LogP contribution in [0.3, 0.4) is 0 Å². The van der Waals surface area contributed by atoms with E-state index in [1.54, 1.807) is 6.92 Å². The summed E-state index contributed by atoms with van der Waals surface area (Å²) in [4.78, 5) is 0. The van der Waals surface area contributed by atoms with Crippen molar-refractivity contribution in [3.05, 3.63) is 0 Å². The lowest BCUT2D eigenvalue weighted by Crippen LogP contribution is -2.10. The first-order valence-electron chi connectivity index (χ1n) is 3.03. The van der Waals surface area contributed by atoms with Gasteiger partial charge in [0, 0.05) is 6.61 Å². The van der Waals surface area contributed by atoms with Crippen molar-refractivity contribution in [1.82, 2.24) is 0 Å². The predicted octanol–water partition coefficient (Wildman–Crippen LogP) is 0.794. The topological polar surface area (TPSA) is 29.5 Å². The molecule has 0 aromatic heterocycles. The molecule has 0 radical (unpaired) electrons. The van der Waals surface area contributed by atoms with Gasteiger partial charge in [-0.05, 0) is 13.3 Å². The zero-order valence-electron chi connectivity index (χ0n) is 5.55. The van der Waals surface area contributed by atoms with E-state index in [1.165, 1.54) is 0 Å². The molecule has 0 aromatic rings. The van der Waals surface area contributed by atoms with Crippen molar-refractivity contribution >= 4 is 0 Å². The van der Waals surface area contributed by atoms with Crippen LogP contribution in [0.5, 0.6) is 0 Å². The summed E-state index contributed by atoms with van der Waals surface area (Å²) in [5, 5.41) is 8.65. The van der Waals surface area contributed by atoms with Crippen molar-refractivity contribution < 1.29 is 9.84 Å². The molecule has 0 aliphatic carbocycles. The number of aliphatic hydroxyl groups excluding tert-OH is 1. The molecule has 0 heterocycles. The van der Waals surface area contributed by atoms with E-state index in [4.69, 9.17) is 9.84 Å². The Hall–Kier alpha value is -0.0800. The van der Waals surface area contributed by atoms with Crippen LogP contribution < -0.4 is 0 Å². The highest BCUT2D eigenvalue weighted by Gasteiger charge is 1.91. The van der Waals surface area contributed by atoms with E-state index in [1.807, 2.05) is 6.92 Å². The van der Waals surface area contributed by atoms with E-state index < -0.39 is 0 Å². The Morgan fingerprint density at radius 3 is 2.62 bits per heavy atom. The maximum absolute atomic E-state index is 8.65. The molecular weight excluding hydrogens is 104 g/mol. The molecule has 2 nitrogen and oxygen atoms in total. The average Bonchev–Trinajstić information content (AvgIpc) is 1.66. The number of hydrogen-bond donors (Lipinski definition) is 1. The van der Waals surface area contributed by atoms with E-state index in [0.29, 0.717) is 6.61 Å². The summed E-state index contributed by atoms with van der Waals surface area (Å²) < 4.78 is 4.99. The van der Waals surface area contributed by atoms with Gasteiger partial charge in [0.25, 0.3) is 0 Å². The maximum atomic E-state index is 8.65. The van der Waals surface area contributed by atoms with Crippen LogP contribution >= 0.6 is 0 Å². The molecule has 0 saturated carbocycles. The average molecular weight is 118 g/mol. The molecular formula is C6H14O2. The highest BCUT2D eigenvalue weighted by molar-refractivity contribution is 4.39. The molecule has 0 rings (SSSR count). The first kappa shape index (κ1) is 7.92. The second-order valence-corrected chi connectivity index (χ2v) is 1.92. The third kappa shape index (κ3) is 5.92. The summed E-state index contributed by atoms with van der Waals surface area (Å²) in [7, 11) is 0. The van der Waals surface area contributed by atoms with Gasteiger partial charge in [-0.15, -0.1) is 0 Å². The number of hydrogen-bond acceptors (Lipinski definition) is 2. The van der Waals surface area contributed by atoms with Crippen molar-refractivity contribution in [2.24, 2.45) is 0 Å². The van der Waals surface area contributed by atoms with Gasteiger partial charge in [-0.25, -0.2) is 0 Å². The largest absolute Gasteiger partial charge is 0.391 e. The molecule has 0 fully saturated rings. The molecule has 2 heteroatoms. The quantitative estimate of drug-likeness (QED) is 0.553. The molecule has 0 unspecified atom stereocenters. The van der Waals surface area contributed by atoms with Gasteiger partial charge in [-0.2, -0.15) is 0 Å². The first-order chi connectivity index (χ1) is 3.77. The standard InChI is InChI=1S/C6H14O2/c1-3-4-8-5-6(2)7/h6-7H,3-5H2,1-2H3/t6-/m1/s1. The van der Waals surface area contributed by atoms with Crippen LogP contribution in [0, 0.1) is 0 Å². The molecule has 0 amide bonds. The monoisotopic (exact) mass is 118 g/mol. The molecule has 0 saturated heterocycles. The molecule has 0 aromatic carbocycles. The molecule has 0 bridgehead atoms. The molecule has 0 aliphatic rings. The fourth-order valence-electron chi connectivity index (χ4n) is 0.398. The second-order valence-electron chi connectivity index (χ2n) is 1.92. The third-order valence-electron chi connectivity index (χ3n) is 0.708. The molecule has 1 N–H and O–H groups in total. The zero-order valence-corrected chi connectivity index (χ0v) is 5.55. The van der Waals surface area contributed by atoms with Crippen LogP contribution in [0.4, 0.5) is 0 Å². The first-order valence-corrected chi connectivity index (χ1v) is 3.03. The van der Waals surface area contributed by atoms with Gasteiger partial charge >= 0.3 is 0 Å². The Labute approximate surface area is 50.5 Å². The molecule has 0 aliphatic heterocycles. The van der Waals surface area contributed by atoms with Gasteiger partial charge < -0.3 is 9.84 Å². The minimum absolute atomic E-state index is 0.318. The van der Waals surface area contributed by atoms with E-state index in [-0.39, 0.29) is 6.10 Å². The lowest BCUT2D eigenvalue weighted by Gasteiger charge is -2.02. The fourth-order valence-corrected chi connectivity index (χ4v) is 0.398. The molecule has 0 spiro atoms. The minimum atomic E-state index is -0.318. The van der Waals surface area contributed by atoms with Crippen molar-refractivity contribution in [3.63, 3.8) is 0 Å².